The summed E-state index contributed by atoms with van der Waals surface area (Å²) < 4.78 is 28.4. The molecule has 6 nitrogen and oxygen atoms in total. The highest BCUT2D eigenvalue weighted by Crippen LogP contribution is 2.36. The van der Waals surface area contributed by atoms with Crippen molar-refractivity contribution in [3.63, 3.8) is 0 Å². The first kappa shape index (κ1) is 17.4. The molecule has 1 atom stereocenters. The number of amides is 2. The molecule has 1 aromatic rings. The standard InChI is InChI=1S/C11H11Cl2F2N3O3/c12-5-1-4(2-6(13)9(5)21-11(14)15)18-10(20)7(16)3-8(17)19/h1-2,7,11H,3,16H2,(H2,17,19)(H,18,20). The van der Waals surface area contributed by atoms with Crippen LogP contribution in [-0.2, 0) is 9.59 Å². The number of hydrogen-bond donors (Lipinski definition) is 3. The minimum Gasteiger partial charge on any atom is -0.432 e. The number of primary amides is 1. The van der Waals surface area contributed by atoms with E-state index in [1.807, 2.05) is 0 Å². The number of ether oxygens (including phenoxy) is 1. The number of hydrogen-bond acceptors (Lipinski definition) is 4. The van der Waals surface area contributed by atoms with Gasteiger partial charge in [-0.25, -0.2) is 0 Å². The minimum atomic E-state index is -3.09. The lowest BCUT2D eigenvalue weighted by Gasteiger charge is -2.13. The van der Waals surface area contributed by atoms with E-state index >= 15 is 0 Å². The van der Waals surface area contributed by atoms with Crippen molar-refractivity contribution in [1.29, 1.82) is 0 Å². The van der Waals surface area contributed by atoms with Gasteiger partial charge in [-0.15, -0.1) is 0 Å². The Kier molecular flexibility index (Phi) is 6.13. The maximum Gasteiger partial charge on any atom is 0.387 e. The first-order valence-corrected chi connectivity index (χ1v) is 6.25. The summed E-state index contributed by atoms with van der Waals surface area (Å²) in [6, 6.07) is 1.15. The van der Waals surface area contributed by atoms with E-state index in [1.54, 1.807) is 0 Å². The average Bonchev–Trinajstić information content (AvgIpc) is 2.32. The quantitative estimate of drug-likeness (QED) is 0.732. The minimum absolute atomic E-state index is 0.108. The normalized spacial score (nSPS) is 12.1. The largest absolute Gasteiger partial charge is 0.432 e. The van der Waals surface area contributed by atoms with Crippen LogP contribution in [0, 0.1) is 0 Å². The Morgan fingerprint density at radius 3 is 2.24 bits per heavy atom. The van der Waals surface area contributed by atoms with E-state index < -0.39 is 30.2 Å². The van der Waals surface area contributed by atoms with Crippen LogP contribution < -0.4 is 21.5 Å². The molecule has 0 heterocycles. The fourth-order valence-electron chi connectivity index (χ4n) is 1.38. The summed E-state index contributed by atoms with van der Waals surface area (Å²) in [6.45, 7) is -3.09. The number of carbonyl (C=O) groups is 2. The van der Waals surface area contributed by atoms with Gasteiger partial charge in [0.05, 0.1) is 22.5 Å². The molecule has 0 aliphatic heterocycles. The molecule has 10 heteroatoms. The van der Waals surface area contributed by atoms with Crippen LogP contribution in [0.15, 0.2) is 12.1 Å². The summed E-state index contributed by atoms with van der Waals surface area (Å²) >= 11 is 11.5. The number of alkyl halides is 2. The highest BCUT2D eigenvalue weighted by atomic mass is 35.5. The van der Waals surface area contributed by atoms with Crippen molar-refractivity contribution < 1.29 is 23.1 Å². The molecule has 1 rings (SSSR count). The molecule has 0 bridgehead atoms. The Bertz CT molecular complexity index is 535. The molecule has 1 unspecified atom stereocenters. The molecule has 0 saturated heterocycles. The van der Waals surface area contributed by atoms with Gasteiger partial charge in [0.1, 0.15) is 0 Å². The Morgan fingerprint density at radius 2 is 1.81 bits per heavy atom. The van der Waals surface area contributed by atoms with Crippen molar-refractivity contribution in [2.24, 2.45) is 11.5 Å². The van der Waals surface area contributed by atoms with Gasteiger partial charge in [-0.3, -0.25) is 9.59 Å². The molecule has 2 amide bonds. The van der Waals surface area contributed by atoms with Crippen molar-refractivity contribution in [2.45, 2.75) is 19.1 Å². The number of carbonyl (C=O) groups excluding carboxylic acids is 2. The second kappa shape index (κ2) is 7.39. The Hall–Kier alpha value is -1.64. The molecule has 0 aliphatic carbocycles. The van der Waals surface area contributed by atoms with Gasteiger partial charge in [-0.2, -0.15) is 8.78 Å². The number of rotatable bonds is 6. The molecule has 5 N–H and O–H groups in total. The van der Waals surface area contributed by atoms with Gasteiger partial charge in [0.15, 0.2) is 5.75 Å². The zero-order valence-electron chi connectivity index (χ0n) is 10.4. The lowest BCUT2D eigenvalue weighted by Crippen LogP contribution is -2.39. The zero-order chi connectivity index (χ0) is 16.2. The van der Waals surface area contributed by atoms with Crippen LogP contribution in [0.25, 0.3) is 0 Å². The maximum atomic E-state index is 12.1. The van der Waals surface area contributed by atoms with Crippen molar-refractivity contribution in [2.75, 3.05) is 5.32 Å². The summed E-state index contributed by atoms with van der Waals surface area (Å²) in [7, 11) is 0. The third-order valence-electron chi connectivity index (χ3n) is 2.23. The van der Waals surface area contributed by atoms with E-state index in [9.17, 15) is 18.4 Å². The lowest BCUT2D eigenvalue weighted by molar-refractivity contribution is -0.123. The van der Waals surface area contributed by atoms with Crippen LogP contribution in [-0.4, -0.2) is 24.5 Å². The smallest absolute Gasteiger partial charge is 0.387 e. The number of anilines is 1. The Balaban J connectivity index is 2.86. The first-order valence-electron chi connectivity index (χ1n) is 5.49. The van der Waals surface area contributed by atoms with Gasteiger partial charge in [-0.05, 0) is 12.1 Å². The summed E-state index contributed by atoms with van der Waals surface area (Å²) in [6.07, 6.45) is -0.347. The van der Waals surface area contributed by atoms with E-state index in [0.29, 0.717) is 0 Å². The summed E-state index contributed by atoms with van der Waals surface area (Å²) in [4.78, 5) is 22.3. The second-order valence-electron chi connectivity index (χ2n) is 3.91. The van der Waals surface area contributed by atoms with Crippen LogP contribution in [0.3, 0.4) is 0 Å². The van der Waals surface area contributed by atoms with Crippen molar-refractivity contribution in [3.05, 3.63) is 22.2 Å². The van der Waals surface area contributed by atoms with E-state index in [-0.39, 0.29) is 22.2 Å². The SMILES string of the molecule is NC(=O)CC(N)C(=O)Nc1cc(Cl)c(OC(F)F)c(Cl)c1. The molecule has 0 radical (unpaired) electrons. The number of halogens is 4. The predicted octanol–water partition coefficient (Wildman–Crippen LogP) is 1.74. The van der Waals surface area contributed by atoms with Crippen LogP contribution in [0.4, 0.5) is 14.5 Å². The van der Waals surface area contributed by atoms with E-state index in [0.717, 1.165) is 12.1 Å². The predicted molar refractivity (Wildman–Crippen MR) is 73.5 cm³/mol. The third kappa shape index (κ3) is 5.33. The monoisotopic (exact) mass is 341 g/mol. The van der Waals surface area contributed by atoms with Crippen molar-refractivity contribution in [3.8, 4) is 5.75 Å². The molecule has 0 aliphatic rings. The summed E-state index contributed by atoms with van der Waals surface area (Å²) in [5.74, 6) is -1.86. The molecule has 116 valence electrons. The molecule has 0 fully saturated rings. The van der Waals surface area contributed by atoms with Crippen LogP contribution in [0.1, 0.15) is 6.42 Å². The molecular formula is C11H11Cl2F2N3O3. The fraction of sp³-hybridized carbons (Fsp3) is 0.273. The van der Waals surface area contributed by atoms with Gasteiger partial charge in [0.2, 0.25) is 11.8 Å². The first-order chi connectivity index (χ1) is 9.70. The number of benzene rings is 1. The van der Waals surface area contributed by atoms with Crippen LogP contribution in [0.2, 0.25) is 10.0 Å². The number of nitrogens with two attached hydrogens (primary N) is 2. The third-order valence-corrected chi connectivity index (χ3v) is 2.79. The highest BCUT2D eigenvalue weighted by molar-refractivity contribution is 6.37. The zero-order valence-corrected chi connectivity index (χ0v) is 11.9. The topological polar surface area (TPSA) is 107 Å². The second-order valence-corrected chi connectivity index (χ2v) is 4.73. The summed E-state index contributed by atoms with van der Waals surface area (Å²) in [5.41, 5.74) is 10.5. The van der Waals surface area contributed by atoms with Gasteiger partial charge < -0.3 is 21.5 Å². The van der Waals surface area contributed by atoms with Gasteiger partial charge in [0.25, 0.3) is 0 Å². The Morgan fingerprint density at radius 1 is 1.29 bits per heavy atom. The fourth-order valence-corrected chi connectivity index (χ4v) is 1.95. The average molecular weight is 342 g/mol. The van der Waals surface area contributed by atoms with Crippen LogP contribution in [0.5, 0.6) is 5.75 Å². The molecule has 1 aromatic carbocycles. The van der Waals surface area contributed by atoms with Crippen molar-refractivity contribution in [1.82, 2.24) is 0 Å². The van der Waals surface area contributed by atoms with E-state index in [1.165, 1.54) is 0 Å². The highest BCUT2D eigenvalue weighted by Gasteiger charge is 2.18. The molecular weight excluding hydrogens is 331 g/mol. The molecule has 0 saturated carbocycles. The molecule has 21 heavy (non-hydrogen) atoms. The molecule has 0 spiro atoms. The van der Waals surface area contributed by atoms with Gasteiger partial charge in [0, 0.05) is 5.69 Å². The number of nitrogens with one attached hydrogen (secondary N) is 1. The summed E-state index contributed by atoms with van der Waals surface area (Å²) in [5, 5.41) is 1.88. The Labute approximate surface area is 128 Å². The van der Waals surface area contributed by atoms with Gasteiger partial charge >= 0.3 is 6.61 Å². The van der Waals surface area contributed by atoms with Crippen molar-refractivity contribution >= 4 is 40.7 Å². The van der Waals surface area contributed by atoms with Crippen LogP contribution >= 0.6 is 23.2 Å². The maximum absolute atomic E-state index is 12.1. The molecule has 0 aromatic heterocycles. The van der Waals surface area contributed by atoms with E-state index in [4.69, 9.17) is 34.7 Å². The van der Waals surface area contributed by atoms with E-state index in [2.05, 4.69) is 10.1 Å². The van der Waals surface area contributed by atoms with Gasteiger partial charge in [-0.1, -0.05) is 23.2 Å². The lowest BCUT2D eigenvalue weighted by atomic mass is 10.2.